The number of aromatic nitrogens is 1. The molecular formula is C39H26N2O. The number of nitrogens with zero attached hydrogens (tertiary/aromatic N) is 2. The van der Waals surface area contributed by atoms with Crippen LogP contribution in [0.15, 0.2) is 162 Å². The fourth-order valence-electron chi connectivity index (χ4n) is 5.80. The van der Waals surface area contributed by atoms with Gasteiger partial charge in [-0.05, 0) is 93.7 Å². The van der Waals surface area contributed by atoms with Gasteiger partial charge in [0.05, 0.1) is 0 Å². The second-order valence-electron chi connectivity index (χ2n) is 10.5. The van der Waals surface area contributed by atoms with Crippen LogP contribution in [0.2, 0.25) is 0 Å². The van der Waals surface area contributed by atoms with Crippen molar-refractivity contribution < 1.29 is 4.42 Å². The molecule has 42 heavy (non-hydrogen) atoms. The summed E-state index contributed by atoms with van der Waals surface area (Å²) in [5, 5.41) is 4.62. The zero-order chi connectivity index (χ0) is 27.9. The van der Waals surface area contributed by atoms with E-state index in [-0.39, 0.29) is 0 Å². The molecule has 8 aromatic rings. The number of rotatable bonds is 5. The molecule has 0 N–H and O–H groups in total. The smallest absolute Gasteiger partial charge is 0.138 e. The first kappa shape index (κ1) is 24.2. The molecule has 8 rings (SSSR count). The molecular weight excluding hydrogens is 512 g/mol. The third-order valence-electron chi connectivity index (χ3n) is 7.95. The van der Waals surface area contributed by atoms with Gasteiger partial charge in [-0.1, -0.05) is 84.9 Å². The van der Waals surface area contributed by atoms with Crippen LogP contribution in [0.5, 0.6) is 0 Å². The first-order valence-corrected chi connectivity index (χ1v) is 14.1. The van der Waals surface area contributed by atoms with Crippen LogP contribution in [0.3, 0.4) is 0 Å². The Balaban J connectivity index is 1.15. The number of furan rings is 1. The predicted molar refractivity (Wildman–Crippen MR) is 175 cm³/mol. The summed E-state index contributed by atoms with van der Waals surface area (Å²) >= 11 is 0. The van der Waals surface area contributed by atoms with Crippen LogP contribution in [0.4, 0.5) is 17.1 Å². The normalized spacial score (nSPS) is 11.3. The van der Waals surface area contributed by atoms with E-state index in [1.165, 1.54) is 21.9 Å². The monoisotopic (exact) mass is 538 g/mol. The Bertz CT molecular complexity index is 2180. The van der Waals surface area contributed by atoms with Gasteiger partial charge in [0.15, 0.2) is 0 Å². The third-order valence-corrected chi connectivity index (χ3v) is 7.95. The molecule has 0 spiro atoms. The molecule has 0 unspecified atom stereocenters. The Morgan fingerprint density at radius 1 is 0.429 bits per heavy atom. The summed E-state index contributed by atoms with van der Waals surface area (Å²) in [5.74, 6) is 0. The molecule has 3 heteroatoms. The molecule has 0 saturated carbocycles. The number of para-hydroxylation sites is 1. The molecule has 198 valence electrons. The summed E-state index contributed by atoms with van der Waals surface area (Å²) in [6, 6.07) is 51.5. The number of anilines is 3. The number of benzene rings is 6. The Morgan fingerprint density at radius 3 is 1.74 bits per heavy atom. The number of fused-ring (bicyclic) bond motifs is 4. The van der Waals surface area contributed by atoms with Crippen LogP contribution in [-0.4, -0.2) is 4.98 Å². The van der Waals surface area contributed by atoms with Gasteiger partial charge >= 0.3 is 0 Å². The Hall–Kier alpha value is -5.67. The van der Waals surface area contributed by atoms with Gasteiger partial charge in [-0.25, -0.2) is 0 Å². The SMILES string of the molecule is c1ccc(N(c2ccc(-c3ccc4ccccc4c3)cc2)c2ccc(-c3ccc4oc5ccncc5c4c3)cc2)cc1. The highest BCUT2D eigenvalue weighted by Gasteiger charge is 2.14. The topological polar surface area (TPSA) is 29.3 Å². The molecule has 0 radical (unpaired) electrons. The molecule has 0 amide bonds. The third kappa shape index (κ3) is 4.29. The minimum absolute atomic E-state index is 0.859. The fourth-order valence-corrected chi connectivity index (χ4v) is 5.80. The average molecular weight is 539 g/mol. The molecule has 0 aliphatic rings. The van der Waals surface area contributed by atoms with E-state index in [9.17, 15) is 0 Å². The van der Waals surface area contributed by atoms with E-state index in [4.69, 9.17) is 4.42 Å². The number of pyridine rings is 1. The van der Waals surface area contributed by atoms with Crippen molar-refractivity contribution in [2.24, 2.45) is 0 Å². The van der Waals surface area contributed by atoms with Gasteiger partial charge < -0.3 is 9.32 Å². The Labute approximate surface area is 243 Å². The van der Waals surface area contributed by atoms with Gasteiger partial charge in [-0.2, -0.15) is 0 Å². The van der Waals surface area contributed by atoms with E-state index < -0.39 is 0 Å². The molecule has 0 bridgehead atoms. The first-order chi connectivity index (χ1) is 20.8. The largest absolute Gasteiger partial charge is 0.456 e. The summed E-state index contributed by atoms with van der Waals surface area (Å²) in [7, 11) is 0. The van der Waals surface area contributed by atoms with Crippen molar-refractivity contribution >= 4 is 49.8 Å². The Kier molecular flexibility index (Phi) is 5.79. The Morgan fingerprint density at radius 2 is 1.00 bits per heavy atom. The zero-order valence-electron chi connectivity index (χ0n) is 22.8. The highest BCUT2D eigenvalue weighted by atomic mass is 16.3. The highest BCUT2D eigenvalue weighted by molar-refractivity contribution is 6.05. The molecule has 0 aliphatic heterocycles. The summed E-state index contributed by atoms with van der Waals surface area (Å²) < 4.78 is 6.00. The fraction of sp³-hybridized carbons (Fsp3) is 0. The zero-order valence-corrected chi connectivity index (χ0v) is 22.8. The molecule has 3 nitrogen and oxygen atoms in total. The molecule has 6 aromatic carbocycles. The highest BCUT2D eigenvalue weighted by Crippen LogP contribution is 2.38. The second kappa shape index (κ2) is 10.1. The number of hydrogen-bond acceptors (Lipinski definition) is 3. The van der Waals surface area contributed by atoms with E-state index >= 15 is 0 Å². The van der Waals surface area contributed by atoms with Crippen molar-refractivity contribution in [2.75, 3.05) is 4.90 Å². The lowest BCUT2D eigenvalue weighted by Gasteiger charge is -2.26. The van der Waals surface area contributed by atoms with E-state index in [1.54, 1.807) is 6.20 Å². The standard InChI is InChI=1S/C39H26N2O/c1-2-8-33(9-3-1)41(34-17-12-28(13-18-34)31-11-10-27-6-4-5-7-30(27)24-31)35-19-14-29(15-20-35)32-16-21-38-36(25-32)37-26-40-23-22-39(37)42-38/h1-26H. The van der Waals surface area contributed by atoms with E-state index in [0.29, 0.717) is 0 Å². The predicted octanol–water partition coefficient (Wildman–Crippen LogP) is 10.9. The lowest BCUT2D eigenvalue weighted by atomic mass is 10.0. The van der Waals surface area contributed by atoms with Gasteiger partial charge in [0, 0.05) is 40.2 Å². The second-order valence-corrected chi connectivity index (χ2v) is 10.5. The van der Waals surface area contributed by atoms with Crippen LogP contribution >= 0.6 is 0 Å². The summed E-state index contributed by atoms with van der Waals surface area (Å²) in [6.45, 7) is 0. The maximum absolute atomic E-state index is 6.00. The van der Waals surface area contributed by atoms with Gasteiger partial charge in [0.1, 0.15) is 11.2 Å². The maximum atomic E-state index is 6.00. The van der Waals surface area contributed by atoms with Crippen LogP contribution in [0.1, 0.15) is 0 Å². The lowest BCUT2D eigenvalue weighted by Crippen LogP contribution is -2.09. The van der Waals surface area contributed by atoms with Gasteiger partial charge in [-0.3, -0.25) is 4.98 Å². The first-order valence-electron chi connectivity index (χ1n) is 14.1. The van der Waals surface area contributed by atoms with Crippen LogP contribution in [-0.2, 0) is 0 Å². The van der Waals surface area contributed by atoms with Gasteiger partial charge in [-0.15, -0.1) is 0 Å². The molecule has 0 saturated heterocycles. The molecule has 0 atom stereocenters. The van der Waals surface area contributed by atoms with E-state index in [2.05, 4.69) is 143 Å². The lowest BCUT2D eigenvalue weighted by molar-refractivity contribution is 0.668. The quantitative estimate of drug-likeness (QED) is 0.218. The van der Waals surface area contributed by atoms with Crippen molar-refractivity contribution in [3.8, 4) is 22.3 Å². The van der Waals surface area contributed by atoms with E-state index in [1.807, 2.05) is 18.3 Å². The van der Waals surface area contributed by atoms with E-state index in [0.717, 1.165) is 50.1 Å². The average Bonchev–Trinajstić information content (AvgIpc) is 3.44. The van der Waals surface area contributed by atoms with Crippen LogP contribution in [0.25, 0.3) is 55.0 Å². The summed E-state index contributed by atoms with van der Waals surface area (Å²) in [4.78, 5) is 6.59. The van der Waals surface area contributed by atoms with Crippen molar-refractivity contribution in [3.05, 3.63) is 158 Å². The van der Waals surface area contributed by atoms with Crippen LogP contribution < -0.4 is 4.90 Å². The molecule has 0 aliphatic carbocycles. The van der Waals surface area contributed by atoms with Crippen molar-refractivity contribution in [2.45, 2.75) is 0 Å². The molecule has 2 aromatic heterocycles. The minimum atomic E-state index is 0.859. The minimum Gasteiger partial charge on any atom is -0.456 e. The summed E-state index contributed by atoms with van der Waals surface area (Å²) in [6.07, 6.45) is 3.64. The molecule has 2 heterocycles. The van der Waals surface area contributed by atoms with Gasteiger partial charge in [0.25, 0.3) is 0 Å². The van der Waals surface area contributed by atoms with Gasteiger partial charge in [0.2, 0.25) is 0 Å². The number of hydrogen-bond donors (Lipinski definition) is 0. The van der Waals surface area contributed by atoms with Crippen LogP contribution in [0, 0.1) is 0 Å². The van der Waals surface area contributed by atoms with Crippen molar-refractivity contribution in [1.29, 1.82) is 0 Å². The maximum Gasteiger partial charge on any atom is 0.138 e. The summed E-state index contributed by atoms with van der Waals surface area (Å²) in [5.41, 5.74) is 9.77. The molecule has 0 fully saturated rings. The van der Waals surface area contributed by atoms with Crippen molar-refractivity contribution in [1.82, 2.24) is 4.98 Å². The van der Waals surface area contributed by atoms with Crippen molar-refractivity contribution in [3.63, 3.8) is 0 Å².